The van der Waals surface area contributed by atoms with Gasteiger partial charge in [-0.3, -0.25) is 4.79 Å². The summed E-state index contributed by atoms with van der Waals surface area (Å²) in [6.45, 7) is 5.58. The number of anilines is 1. The Morgan fingerprint density at radius 3 is 3.07 bits per heavy atom. The Bertz CT molecular complexity index is 323. The zero-order valence-corrected chi connectivity index (χ0v) is 8.80. The molecule has 1 amide bonds. The number of aliphatic imine (C=N–C) groups is 1. The number of carbonyl (C=O) groups excluding carboxylic acids is 1. The normalized spacial score (nSPS) is 9.79. The maximum Gasteiger partial charge on any atom is 0.223 e. The molecule has 1 rings (SSSR count). The molecule has 6 heteroatoms. The van der Waals surface area contributed by atoms with E-state index >= 15 is 0 Å². The largest absolute Gasteiger partial charge is 0.301 e. The van der Waals surface area contributed by atoms with Gasteiger partial charge in [0.2, 0.25) is 11.0 Å². The second-order valence-corrected chi connectivity index (χ2v) is 3.79. The minimum absolute atomic E-state index is 0.125. The Morgan fingerprint density at radius 2 is 2.43 bits per heavy atom. The van der Waals surface area contributed by atoms with E-state index in [9.17, 15) is 4.79 Å². The topological polar surface area (TPSA) is 67.2 Å². The number of aromatic nitrogens is 2. The van der Waals surface area contributed by atoms with Crippen LogP contribution in [0, 0.1) is 0 Å². The molecule has 76 valence electrons. The van der Waals surface area contributed by atoms with E-state index in [0.717, 1.165) is 24.4 Å². The van der Waals surface area contributed by atoms with Gasteiger partial charge in [0.15, 0.2) is 0 Å². The van der Waals surface area contributed by atoms with Crippen molar-refractivity contribution in [2.45, 2.75) is 19.8 Å². The van der Waals surface area contributed by atoms with Crippen LogP contribution in [0.3, 0.4) is 0 Å². The molecule has 0 spiro atoms. The van der Waals surface area contributed by atoms with Crippen molar-refractivity contribution in [3.8, 4) is 0 Å². The van der Waals surface area contributed by atoms with Crippen LogP contribution in [0.4, 0.5) is 5.13 Å². The SMILES string of the molecule is C=NCCCc1nnc(NC(C)=O)s1. The Balaban J connectivity index is 2.42. The predicted molar refractivity (Wildman–Crippen MR) is 56.9 cm³/mol. The summed E-state index contributed by atoms with van der Waals surface area (Å²) in [5.41, 5.74) is 0. The molecule has 1 aromatic heterocycles. The Labute approximate surface area is 86.3 Å². The first kappa shape index (κ1) is 10.8. The molecule has 0 bridgehead atoms. The minimum Gasteiger partial charge on any atom is -0.301 e. The van der Waals surface area contributed by atoms with Gasteiger partial charge in [-0.15, -0.1) is 10.2 Å². The highest BCUT2D eigenvalue weighted by atomic mass is 32.1. The number of rotatable bonds is 5. The van der Waals surface area contributed by atoms with Crippen molar-refractivity contribution in [2.24, 2.45) is 4.99 Å². The molecule has 0 atom stereocenters. The standard InChI is InChI=1S/C8H12N4OS/c1-6(13)10-8-12-11-7(14-8)4-3-5-9-2/h2-5H2,1H3,(H,10,12,13). The van der Waals surface area contributed by atoms with Gasteiger partial charge in [0.05, 0.1) is 0 Å². The van der Waals surface area contributed by atoms with Crippen molar-refractivity contribution < 1.29 is 4.79 Å². The van der Waals surface area contributed by atoms with Gasteiger partial charge in [-0.1, -0.05) is 11.3 Å². The van der Waals surface area contributed by atoms with Crippen LogP contribution < -0.4 is 5.32 Å². The van der Waals surface area contributed by atoms with E-state index in [1.807, 2.05) is 0 Å². The lowest BCUT2D eigenvalue weighted by Gasteiger charge is -1.91. The molecule has 1 aromatic rings. The molecule has 0 aromatic carbocycles. The summed E-state index contributed by atoms with van der Waals surface area (Å²) in [6, 6.07) is 0. The molecule has 0 aliphatic carbocycles. The third-order valence-electron chi connectivity index (χ3n) is 1.46. The van der Waals surface area contributed by atoms with Crippen LogP contribution in [0.2, 0.25) is 0 Å². The summed E-state index contributed by atoms with van der Waals surface area (Å²) in [5.74, 6) is -0.125. The van der Waals surface area contributed by atoms with Gasteiger partial charge in [-0.2, -0.15) is 0 Å². The van der Waals surface area contributed by atoms with E-state index in [0.29, 0.717) is 5.13 Å². The predicted octanol–water partition coefficient (Wildman–Crippen LogP) is 1.13. The summed E-state index contributed by atoms with van der Waals surface area (Å²) in [4.78, 5) is 14.4. The maximum absolute atomic E-state index is 10.7. The molecule has 1 N–H and O–H groups in total. The first-order chi connectivity index (χ1) is 6.72. The minimum atomic E-state index is -0.125. The number of hydrogen-bond acceptors (Lipinski definition) is 5. The molecule has 5 nitrogen and oxygen atoms in total. The number of amides is 1. The summed E-state index contributed by atoms with van der Waals surface area (Å²) in [6.07, 6.45) is 1.74. The smallest absolute Gasteiger partial charge is 0.223 e. The van der Waals surface area contributed by atoms with Crippen LogP contribution in [0.5, 0.6) is 0 Å². The first-order valence-corrected chi connectivity index (χ1v) is 5.06. The van der Waals surface area contributed by atoms with Crippen LogP contribution >= 0.6 is 11.3 Å². The zero-order chi connectivity index (χ0) is 10.4. The van der Waals surface area contributed by atoms with Crippen LogP contribution in [-0.4, -0.2) is 29.4 Å². The number of nitrogens with one attached hydrogen (secondary N) is 1. The van der Waals surface area contributed by atoms with E-state index in [4.69, 9.17) is 0 Å². The Hall–Kier alpha value is -1.30. The molecule has 0 aliphatic heterocycles. The number of carbonyl (C=O) groups is 1. The molecule has 1 heterocycles. The van der Waals surface area contributed by atoms with Crippen LogP contribution in [0.1, 0.15) is 18.4 Å². The maximum atomic E-state index is 10.7. The molecular weight excluding hydrogens is 200 g/mol. The summed E-state index contributed by atoms with van der Waals surface area (Å²) >= 11 is 1.40. The number of nitrogens with zero attached hydrogens (tertiary/aromatic N) is 3. The lowest BCUT2D eigenvalue weighted by molar-refractivity contribution is -0.114. The van der Waals surface area contributed by atoms with Crippen molar-refractivity contribution in [3.63, 3.8) is 0 Å². The summed E-state index contributed by atoms with van der Waals surface area (Å²) in [7, 11) is 0. The first-order valence-electron chi connectivity index (χ1n) is 4.25. The van der Waals surface area contributed by atoms with Crippen molar-refractivity contribution in [1.82, 2.24) is 10.2 Å². The highest BCUT2D eigenvalue weighted by Gasteiger charge is 2.04. The third-order valence-corrected chi connectivity index (χ3v) is 2.36. The molecule has 0 saturated carbocycles. The molecule has 0 unspecified atom stereocenters. The van der Waals surface area contributed by atoms with Crippen LogP contribution in [0.25, 0.3) is 0 Å². The van der Waals surface area contributed by atoms with E-state index in [1.54, 1.807) is 0 Å². The highest BCUT2D eigenvalue weighted by Crippen LogP contribution is 2.16. The average Bonchev–Trinajstić information content (AvgIpc) is 2.52. The van der Waals surface area contributed by atoms with Gasteiger partial charge in [-0.05, 0) is 13.1 Å². The third kappa shape index (κ3) is 3.61. The van der Waals surface area contributed by atoms with E-state index in [2.05, 4.69) is 27.2 Å². The Kier molecular flexibility index (Phi) is 4.18. The molecule has 14 heavy (non-hydrogen) atoms. The Morgan fingerprint density at radius 1 is 1.64 bits per heavy atom. The van der Waals surface area contributed by atoms with Gasteiger partial charge in [0.1, 0.15) is 5.01 Å². The number of hydrogen-bond donors (Lipinski definition) is 1. The lowest BCUT2D eigenvalue weighted by atomic mass is 10.3. The van der Waals surface area contributed by atoms with Gasteiger partial charge in [0.25, 0.3) is 0 Å². The molecule has 0 radical (unpaired) electrons. The van der Waals surface area contributed by atoms with Gasteiger partial charge in [0, 0.05) is 19.9 Å². The van der Waals surface area contributed by atoms with Crippen molar-refractivity contribution in [2.75, 3.05) is 11.9 Å². The lowest BCUT2D eigenvalue weighted by Crippen LogP contribution is -2.04. The summed E-state index contributed by atoms with van der Waals surface area (Å²) in [5, 5.41) is 11.8. The molecule has 0 fully saturated rings. The average molecular weight is 212 g/mol. The fourth-order valence-electron chi connectivity index (χ4n) is 0.898. The number of aryl methyl sites for hydroxylation is 1. The molecule has 0 saturated heterocycles. The van der Waals surface area contributed by atoms with E-state index < -0.39 is 0 Å². The van der Waals surface area contributed by atoms with Gasteiger partial charge in [-0.25, -0.2) is 0 Å². The quantitative estimate of drug-likeness (QED) is 0.587. The van der Waals surface area contributed by atoms with Gasteiger partial charge >= 0.3 is 0 Å². The highest BCUT2D eigenvalue weighted by molar-refractivity contribution is 7.15. The van der Waals surface area contributed by atoms with Crippen LogP contribution in [0.15, 0.2) is 4.99 Å². The molecule has 0 aliphatic rings. The van der Waals surface area contributed by atoms with Crippen molar-refractivity contribution in [1.29, 1.82) is 0 Å². The monoisotopic (exact) mass is 212 g/mol. The molecular formula is C8H12N4OS. The van der Waals surface area contributed by atoms with Crippen molar-refractivity contribution >= 4 is 29.1 Å². The van der Waals surface area contributed by atoms with E-state index in [1.165, 1.54) is 18.3 Å². The zero-order valence-electron chi connectivity index (χ0n) is 7.99. The van der Waals surface area contributed by atoms with Crippen molar-refractivity contribution in [3.05, 3.63) is 5.01 Å². The fourth-order valence-corrected chi connectivity index (χ4v) is 1.73. The fraction of sp³-hybridized carbons (Fsp3) is 0.500. The van der Waals surface area contributed by atoms with E-state index in [-0.39, 0.29) is 5.91 Å². The second kappa shape index (κ2) is 5.43. The van der Waals surface area contributed by atoms with Gasteiger partial charge < -0.3 is 10.3 Å². The second-order valence-electron chi connectivity index (χ2n) is 2.73. The van der Waals surface area contributed by atoms with Crippen LogP contribution in [-0.2, 0) is 11.2 Å². The summed E-state index contributed by atoms with van der Waals surface area (Å²) < 4.78 is 0.